The van der Waals surface area contributed by atoms with Crippen LogP contribution in [0.4, 0.5) is 4.79 Å². The zero-order valence-electron chi connectivity index (χ0n) is 7.94. The topological polar surface area (TPSA) is 95.9 Å². The molecule has 0 saturated carbocycles. The second-order valence-corrected chi connectivity index (χ2v) is 2.48. The lowest BCUT2D eigenvalue weighted by Crippen LogP contribution is -2.42. The molecular formula is C7H12N2O5. The standard InChI is InChI=1S/C7H12N2O5/c1-9(4-5(10)11)7(13)8-3-6(12)14-2/h3-4H2,1-2H3,(H,8,13)(H,10,11). The Hall–Kier alpha value is -1.79. The zero-order valence-corrected chi connectivity index (χ0v) is 7.94. The van der Waals surface area contributed by atoms with Gasteiger partial charge in [-0.25, -0.2) is 4.79 Å². The minimum atomic E-state index is -1.12. The number of nitrogens with zero attached hydrogens (tertiary/aromatic N) is 1. The number of rotatable bonds is 4. The molecule has 0 aliphatic heterocycles. The second kappa shape index (κ2) is 5.79. The quantitative estimate of drug-likeness (QED) is 0.566. The van der Waals surface area contributed by atoms with Crippen LogP contribution in [-0.4, -0.2) is 55.2 Å². The fourth-order valence-electron chi connectivity index (χ4n) is 0.630. The summed E-state index contributed by atoms with van der Waals surface area (Å²) in [5, 5.41) is 10.5. The summed E-state index contributed by atoms with van der Waals surface area (Å²) in [6.45, 7) is -0.702. The van der Waals surface area contributed by atoms with Crippen molar-refractivity contribution in [2.45, 2.75) is 0 Å². The molecule has 0 spiro atoms. The molecule has 14 heavy (non-hydrogen) atoms. The molecule has 0 unspecified atom stereocenters. The van der Waals surface area contributed by atoms with Gasteiger partial charge in [0.25, 0.3) is 0 Å². The van der Waals surface area contributed by atoms with Crippen molar-refractivity contribution >= 4 is 18.0 Å². The maximum Gasteiger partial charge on any atom is 0.325 e. The Bertz CT molecular complexity index is 240. The SMILES string of the molecule is COC(=O)CNC(=O)N(C)CC(=O)O. The number of carboxylic acids is 1. The van der Waals surface area contributed by atoms with E-state index in [1.807, 2.05) is 0 Å². The van der Waals surface area contributed by atoms with Gasteiger partial charge in [0.15, 0.2) is 0 Å². The van der Waals surface area contributed by atoms with Gasteiger partial charge in [-0.15, -0.1) is 0 Å². The summed E-state index contributed by atoms with van der Waals surface area (Å²) in [4.78, 5) is 32.8. The third kappa shape index (κ3) is 4.96. The lowest BCUT2D eigenvalue weighted by molar-refractivity contribution is -0.139. The van der Waals surface area contributed by atoms with E-state index in [0.717, 1.165) is 4.90 Å². The number of likely N-dealkylation sites (N-methyl/N-ethyl adjacent to an activating group) is 1. The van der Waals surface area contributed by atoms with Crippen molar-refractivity contribution in [2.75, 3.05) is 27.2 Å². The van der Waals surface area contributed by atoms with Crippen LogP contribution >= 0.6 is 0 Å². The lowest BCUT2D eigenvalue weighted by Gasteiger charge is -2.14. The summed E-state index contributed by atoms with van der Waals surface area (Å²) < 4.78 is 4.27. The first-order chi connectivity index (χ1) is 6.47. The molecule has 0 aliphatic carbocycles. The number of carbonyl (C=O) groups is 3. The number of esters is 1. The molecule has 0 aromatic carbocycles. The van der Waals surface area contributed by atoms with E-state index < -0.39 is 24.5 Å². The largest absolute Gasteiger partial charge is 0.480 e. The summed E-state index contributed by atoms with van der Waals surface area (Å²) in [6, 6.07) is -0.641. The molecule has 7 heteroatoms. The molecule has 80 valence electrons. The van der Waals surface area contributed by atoms with E-state index in [1.165, 1.54) is 14.2 Å². The van der Waals surface area contributed by atoms with E-state index >= 15 is 0 Å². The number of aliphatic carboxylic acids is 1. The average molecular weight is 204 g/mol. The number of nitrogens with one attached hydrogen (secondary N) is 1. The van der Waals surface area contributed by atoms with Crippen LogP contribution in [-0.2, 0) is 14.3 Å². The number of methoxy groups -OCH3 is 1. The number of hydrogen-bond donors (Lipinski definition) is 2. The molecule has 0 rings (SSSR count). The maximum absolute atomic E-state index is 11.0. The van der Waals surface area contributed by atoms with E-state index in [4.69, 9.17) is 5.11 Å². The fraction of sp³-hybridized carbons (Fsp3) is 0.571. The van der Waals surface area contributed by atoms with Crippen LogP contribution in [0.25, 0.3) is 0 Å². The van der Waals surface area contributed by atoms with Crippen molar-refractivity contribution < 1.29 is 24.2 Å². The van der Waals surface area contributed by atoms with Crippen LogP contribution in [0.1, 0.15) is 0 Å². The Kier molecular flexibility index (Phi) is 5.05. The first-order valence-electron chi connectivity index (χ1n) is 3.75. The second-order valence-electron chi connectivity index (χ2n) is 2.48. The molecule has 7 nitrogen and oxygen atoms in total. The van der Waals surface area contributed by atoms with Gasteiger partial charge in [-0.1, -0.05) is 0 Å². The van der Waals surface area contributed by atoms with E-state index in [2.05, 4.69) is 10.1 Å². The van der Waals surface area contributed by atoms with Crippen molar-refractivity contribution in [2.24, 2.45) is 0 Å². The van der Waals surface area contributed by atoms with E-state index in [-0.39, 0.29) is 6.54 Å². The van der Waals surface area contributed by atoms with Crippen LogP contribution in [0.15, 0.2) is 0 Å². The average Bonchev–Trinajstić information content (AvgIpc) is 2.12. The summed E-state index contributed by atoms with van der Waals surface area (Å²) in [6.07, 6.45) is 0. The fourth-order valence-corrected chi connectivity index (χ4v) is 0.630. The van der Waals surface area contributed by atoms with Crippen LogP contribution in [0.2, 0.25) is 0 Å². The number of ether oxygens (including phenoxy) is 1. The highest BCUT2D eigenvalue weighted by atomic mass is 16.5. The Labute approximate surface area is 80.6 Å². The molecule has 0 bridgehead atoms. The van der Waals surface area contributed by atoms with Crippen molar-refractivity contribution in [3.63, 3.8) is 0 Å². The van der Waals surface area contributed by atoms with Gasteiger partial charge in [-0.2, -0.15) is 0 Å². The molecule has 0 atom stereocenters. The monoisotopic (exact) mass is 204 g/mol. The van der Waals surface area contributed by atoms with Crippen LogP contribution in [0.5, 0.6) is 0 Å². The van der Waals surface area contributed by atoms with Gasteiger partial charge in [0.05, 0.1) is 7.11 Å². The molecular weight excluding hydrogens is 192 g/mol. The Morgan fingerprint density at radius 1 is 1.43 bits per heavy atom. The van der Waals surface area contributed by atoms with Crippen LogP contribution in [0, 0.1) is 0 Å². The molecule has 0 fully saturated rings. The molecule has 0 saturated heterocycles. The van der Waals surface area contributed by atoms with Crippen molar-refractivity contribution in [3.05, 3.63) is 0 Å². The Morgan fingerprint density at radius 3 is 2.43 bits per heavy atom. The predicted molar refractivity (Wildman–Crippen MR) is 45.7 cm³/mol. The predicted octanol–water partition coefficient (Wildman–Crippen LogP) is -1.11. The number of hydrogen-bond acceptors (Lipinski definition) is 4. The van der Waals surface area contributed by atoms with Crippen LogP contribution < -0.4 is 5.32 Å². The summed E-state index contributed by atoms with van der Waals surface area (Å²) in [7, 11) is 2.50. The van der Waals surface area contributed by atoms with Gasteiger partial charge in [-0.05, 0) is 0 Å². The molecule has 0 aromatic heterocycles. The van der Waals surface area contributed by atoms with E-state index in [9.17, 15) is 14.4 Å². The first kappa shape index (κ1) is 12.2. The lowest BCUT2D eigenvalue weighted by atomic mass is 10.5. The van der Waals surface area contributed by atoms with Crippen LogP contribution in [0.3, 0.4) is 0 Å². The minimum Gasteiger partial charge on any atom is -0.480 e. The smallest absolute Gasteiger partial charge is 0.325 e. The highest BCUT2D eigenvalue weighted by Gasteiger charge is 2.12. The van der Waals surface area contributed by atoms with Crippen molar-refractivity contribution in [1.29, 1.82) is 0 Å². The molecule has 0 aliphatic rings. The molecule has 2 amide bonds. The van der Waals surface area contributed by atoms with Gasteiger partial charge in [0.2, 0.25) is 0 Å². The zero-order chi connectivity index (χ0) is 11.1. The Morgan fingerprint density at radius 2 is 2.00 bits per heavy atom. The molecule has 0 heterocycles. The van der Waals surface area contributed by atoms with Gasteiger partial charge in [-0.3, -0.25) is 9.59 Å². The maximum atomic E-state index is 11.0. The number of carbonyl (C=O) groups excluding carboxylic acids is 2. The normalized spacial score (nSPS) is 9.00. The van der Waals surface area contributed by atoms with Crippen molar-refractivity contribution in [3.8, 4) is 0 Å². The van der Waals surface area contributed by atoms with Gasteiger partial charge in [0, 0.05) is 7.05 Å². The summed E-state index contributed by atoms with van der Waals surface area (Å²) in [5.41, 5.74) is 0. The highest BCUT2D eigenvalue weighted by molar-refractivity contribution is 5.83. The third-order valence-corrected chi connectivity index (χ3v) is 1.33. The summed E-state index contributed by atoms with van der Waals surface area (Å²) in [5.74, 6) is -1.72. The number of amides is 2. The van der Waals surface area contributed by atoms with Gasteiger partial charge >= 0.3 is 18.0 Å². The number of urea groups is 1. The van der Waals surface area contributed by atoms with Crippen molar-refractivity contribution in [1.82, 2.24) is 10.2 Å². The number of carboxylic acid groups (broad SMARTS) is 1. The van der Waals surface area contributed by atoms with Gasteiger partial charge in [0.1, 0.15) is 13.1 Å². The summed E-state index contributed by atoms with van der Waals surface area (Å²) >= 11 is 0. The molecule has 2 N–H and O–H groups in total. The first-order valence-corrected chi connectivity index (χ1v) is 3.75. The van der Waals surface area contributed by atoms with E-state index in [0.29, 0.717) is 0 Å². The Balaban J connectivity index is 3.84. The molecule has 0 radical (unpaired) electrons. The third-order valence-electron chi connectivity index (χ3n) is 1.33. The molecule has 0 aromatic rings. The van der Waals surface area contributed by atoms with Gasteiger partial charge < -0.3 is 20.1 Å². The minimum absolute atomic E-state index is 0.278. The highest BCUT2D eigenvalue weighted by Crippen LogP contribution is 1.83. The van der Waals surface area contributed by atoms with E-state index in [1.54, 1.807) is 0 Å².